The molecule has 0 saturated carbocycles. The average molecular weight is 429 g/mol. The summed E-state index contributed by atoms with van der Waals surface area (Å²) in [6, 6.07) is 23.3. The number of para-hydroxylation sites is 1. The highest BCUT2D eigenvalue weighted by Gasteiger charge is 2.35. The predicted molar refractivity (Wildman–Crippen MR) is 124 cm³/mol. The van der Waals surface area contributed by atoms with Gasteiger partial charge in [0.1, 0.15) is 0 Å². The lowest BCUT2D eigenvalue weighted by molar-refractivity contribution is -0.120. The van der Waals surface area contributed by atoms with Gasteiger partial charge in [-0.1, -0.05) is 54.1 Å². The van der Waals surface area contributed by atoms with Crippen LogP contribution in [0.3, 0.4) is 0 Å². The molecule has 154 valence electrons. The number of hydrogen-bond acceptors (Lipinski definition) is 3. The third kappa shape index (κ3) is 3.75. The lowest BCUT2D eigenvalue weighted by Crippen LogP contribution is -2.30. The van der Waals surface area contributed by atoms with E-state index in [9.17, 15) is 9.59 Å². The second-order valence-electron chi connectivity index (χ2n) is 7.86. The lowest BCUT2D eigenvalue weighted by atomic mass is 9.98. The van der Waals surface area contributed by atoms with Crippen LogP contribution in [0.25, 0.3) is 6.08 Å². The Bertz CT molecular complexity index is 1200. The summed E-state index contributed by atoms with van der Waals surface area (Å²) >= 11 is 5.95. The van der Waals surface area contributed by atoms with E-state index in [1.807, 2.05) is 24.3 Å². The van der Waals surface area contributed by atoms with Crippen LogP contribution in [0.5, 0.6) is 0 Å². The van der Waals surface area contributed by atoms with Crippen molar-refractivity contribution in [2.75, 3.05) is 16.3 Å². The minimum absolute atomic E-state index is 0.0959. The Morgan fingerprint density at radius 2 is 1.55 bits per heavy atom. The standard InChI is InChI=1S/C26H21ClN2O2/c27-22-9-11-23(12-10-22)29-25(30)16-21(26(29)31)15-19-6-3-4-8-24(19)28-14-13-18-5-1-2-7-20(18)17-28/h1-12,15H,13-14,16-17H2/b21-15+. The minimum atomic E-state index is -0.272. The van der Waals surface area contributed by atoms with Gasteiger partial charge >= 0.3 is 0 Å². The van der Waals surface area contributed by atoms with Crippen molar-refractivity contribution in [3.63, 3.8) is 0 Å². The fourth-order valence-corrected chi connectivity index (χ4v) is 4.45. The Hall–Kier alpha value is -3.37. The Kier molecular flexibility index (Phi) is 5.08. The molecule has 2 aliphatic rings. The van der Waals surface area contributed by atoms with Crippen LogP contribution in [0.2, 0.25) is 5.02 Å². The van der Waals surface area contributed by atoms with Crippen LogP contribution in [0.4, 0.5) is 11.4 Å². The van der Waals surface area contributed by atoms with E-state index in [0.717, 1.165) is 30.8 Å². The predicted octanol–water partition coefficient (Wildman–Crippen LogP) is 5.25. The molecule has 2 aliphatic heterocycles. The van der Waals surface area contributed by atoms with Crippen molar-refractivity contribution in [2.45, 2.75) is 19.4 Å². The van der Waals surface area contributed by atoms with Gasteiger partial charge in [-0.15, -0.1) is 0 Å². The van der Waals surface area contributed by atoms with Crippen molar-refractivity contribution in [2.24, 2.45) is 0 Å². The Morgan fingerprint density at radius 3 is 2.35 bits per heavy atom. The number of hydrogen-bond donors (Lipinski definition) is 0. The van der Waals surface area contributed by atoms with Crippen LogP contribution in [0.15, 0.2) is 78.4 Å². The monoisotopic (exact) mass is 428 g/mol. The van der Waals surface area contributed by atoms with Crippen molar-refractivity contribution < 1.29 is 9.59 Å². The fraction of sp³-hybridized carbons (Fsp3) is 0.154. The van der Waals surface area contributed by atoms with Crippen molar-refractivity contribution >= 4 is 40.9 Å². The van der Waals surface area contributed by atoms with Gasteiger partial charge in [0.05, 0.1) is 12.1 Å². The van der Waals surface area contributed by atoms with Gasteiger partial charge in [-0.3, -0.25) is 9.59 Å². The van der Waals surface area contributed by atoms with E-state index < -0.39 is 0 Å². The van der Waals surface area contributed by atoms with E-state index in [4.69, 9.17) is 11.6 Å². The first-order valence-electron chi connectivity index (χ1n) is 10.3. The van der Waals surface area contributed by atoms with Crippen LogP contribution >= 0.6 is 11.6 Å². The van der Waals surface area contributed by atoms with Gasteiger partial charge in [-0.25, -0.2) is 4.90 Å². The van der Waals surface area contributed by atoms with Crippen LogP contribution in [0, 0.1) is 0 Å². The maximum absolute atomic E-state index is 13.0. The quantitative estimate of drug-likeness (QED) is 0.422. The largest absolute Gasteiger partial charge is 0.366 e. The molecule has 0 aliphatic carbocycles. The zero-order valence-electron chi connectivity index (χ0n) is 16.9. The summed E-state index contributed by atoms with van der Waals surface area (Å²) < 4.78 is 0. The molecule has 0 atom stereocenters. The van der Waals surface area contributed by atoms with Crippen molar-refractivity contribution in [3.8, 4) is 0 Å². The van der Waals surface area contributed by atoms with Crippen LogP contribution in [-0.4, -0.2) is 18.4 Å². The van der Waals surface area contributed by atoms with Gasteiger partial charge in [0.15, 0.2) is 0 Å². The Balaban J connectivity index is 1.45. The normalized spacial score (nSPS) is 17.4. The van der Waals surface area contributed by atoms with Crippen LogP contribution < -0.4 is 9.80 Å². The molecule has 0 bridgehead atoms. The summed E-state index contributed by atoms with van der Waals surface area (Å²) in [6.45, 7) is 1.75. The molecule has 5 rings (SSSR count). The van der Waals surface area contributed by atoms with Crippen LogP contribution in [-0.2, 0) is 22.6 Å². The van der Waals surface area contributed by atoms with E-state index >= 15 is 0 Å². The molecule has 1 saturated heterocycles. The first-order chi connectivity index (χ1) is 15.1. The molecule has 3 aromatic rings. The van der Waals surface area contributed by atoms with Gasteiger partial charge in [0, 0.05) is 29.4 Å². The number of rotatable bonds is 3. The second kappa shape index (κ2) is 8.05. The third-order valence-electron chi connectivity index (χ3n) is 5.89. The maximum atomic E-state index is 13.0. The molecule has 5 heteroatoms. The average Bonchev–Trinajstić information content (AvgIpc) is 3.07. The van der Waals surface area contributed by atoms with Gasteiger partial charge in [-0.05, 0) is 59.5 Å². The molecule has 2 heterocycles. The number of anilines is 2. The van der Waals surface area contributed by atoms with E-state index in [2.05, 4.69) is 35.2 Å². The highest BCUT2D eigenvalue weighted by Crippen LogP contribution is 2.32. The summed E-state index contributed by atoms with van der Waals surface area (Å²) in [4.78, 5) is 29.2. The van der Waals surface area contributed by atoms with Gasteiger partial charge < -0.3 is 4.90 Å². The minimum Gasteiger partial charge on any atom is -0.366 e. The summed E-state index contributed by atoms with van der Waals surface area (Å²) in [6.07, 6.45) is 2.95. The number of fused-ring (bicyclic) bond motifs is 1. The number of carbonyl (C=O) groups is 2. The summed E-state index contributed by atoms with van der Waals surface area (Å²) in [7, 11) is 0. The van der Waals surface area contributed by atoms with Gasteiger partial charge in [0.2, 0.25) is 5.91 Å². The second-order valence-corrected chi connectivity index (χ2v) is 8.29. The summed E-state index contributed by atoms with van der Waals surface area (Å²) in [5.41, 5.74) is 5.81. The number of imide groups is 1. The zero-order chi connectivity index (χ0) is 21.4. The topological polar surface area (TPSA) is 40.6 Å². The molecule has 4 nitrogen and oxygen atoms in total. The molecule has 0 radical (unpaired) electrons. The number of nitrogens with zero attached hydrogens (tertiary/aromatic N) is 2. The summed E-state index contributed by atoms with van der Waals surface area (Å²) in [5.74, 6) is -0.492. The van der Waals surface area contributed by atoms with E-state index in [-0.39, 0.29) is 18.2 Å². The van der Waals surface area contributed by atoms with Crippen LogP contribution in [0.1, 0.15) is 23.1 Å². The van der Waals surface area contributed by atoms with Crippen molar-refractivity contribution in [1.82, 2.24) is 0 Å². The molecule has 1 fully saturated rings. The highest BCUT2D eigenvalue weighted by molar-refractivity contribution is 6.31. The van der Waals surface area contributed by atoms with E-state index in [1.54, 1.807) is 24.3 Å². The molecule has 0 N–H and O–H groups in total. The Labute approximate surface area is 186 Å². The molecule has 2 amide bonds. The van der Waals surface area contributed by atoms with Gasteiger partial charge in [-0.2, -0.15) is 0 Å². The maximum Gasteiger partial charge on any atom is 0.261 e. The molecule has 0 spiro atoms. The molecular weight excluding hydrogens is 408 g/mol. The third-order valence-corrected chi connectivity index (χ3v) is 6.14. The highest BCUT2D eigenvalue weighted by atomic mass is 35.5. The summed E-state index contributed by atoms with van der Waals surface area (Å²) in [5, 5.41) is 0.565. The number of halogens is 1. The number of carbonyl (C=O) groups excluding carboxylic acids is 2. The SMILES string of the molecule is O=C1C/C(=C\c2ccccc2N2CCc3ccccc3C2)C(=O)N1c1ccc(Cl)cc1. The molecule has 0 unspecified atom stereocenters. The molecule has 3 aromatic carbocycles. The molecule has 0 aromatic heterocycles. The molecule has 31 heavy (non-hydrogen) atoms. The lowest BCUT2D eigenvalue weighted by Gasteiger charge is -2.32. The first kappa shape index (κ1) is 19.6. The molecular formula is C26H21ClN2O2. The van der Waals surface area contributed by atoms with Crippen molar-refractivity contribution in [1.29, 1.82) is 0 Å². The zero-order valence-corrected chi connectivity index (χ0v) is 17.7. The first-order valence-corrected chi connectivity index (χ1v) is 10.7. The van der Waals surface area contributed by atoms with Gasteiger partial charge in [0.25, 0.3) is 5.91 Å². The smallest absolute Gasteiger partial charge is 0.261 e. The van der Waals surface area contributed by atoms with Crippen molar-refractivity contribution in [3.05, 3.63) is 100 Å². The van der Waals surface area contributed by atoms with E-state index in [0.29, 0.717) is 16.3 Å². The number of benzene rings is 3. The van der Waals surface area contributed by atoms with E-state index in [1.165, 1.54) is 16.0 Å². The fourth-order valence-electron chi connectivity index (χ4n) is 4.33. The Morgan fingerprint density at radius 1 is 0.839 bits per heavy atom. The number of amides is 2.